The van der Waals surface area contributed by atoms with Crippen LogP contribution in [0.3, 0.4) is 0 Å². The highest BCUT2D eigenvalue weighted by molar-refractivity contribution is 8.09. The number of rotatable bonds is 13. The molecule has 2 atom stereocenters. The Balaban J connectivity index is 4.98. The number of hydrogen-bond donors (Lipinski definition) is 5. The lowest BCUT2D eigenvalue weighted by Gasteiger charge is -2.38. The maximum Gasteiger partial charge on any atom is 0.326 e. The van der Waals surface area contributed by atoms with Crippen LogP contribution in [0.1, 0.15) is 52.9 Å². The molecule has 0 bridgehead atoms. The van der Waals surface area contributed by atoms with E-state index < -0.39 is 22.1 Å². The molecule has 0 radical (unpaired) electrons. The largest absolute Gasteiger partial charge is 0.480 e. The van der Waals surface area contributed by atoms with Gasteiger partial charge >= 0.3 is 5.97 Å². The van der Waals surface area contributed by atoms with Crippen molar-refractivity contribution in [2.45, 2.75) is 69.0 Å². The van der Waals surface area contributed by atoms with Crippen LogP contribution in [0.5, 0.6) is 0 Å². The molecule has 1 unspecified atom stereocenters. The molecule has 2 amide bonds. The van der Waals surface area contributed by atoms with Crippen molar-refractivity contribution in [2.75, 3.05) is 11.5 Å². The first-order chi connectivity index (χ1) is 12.1. The molecule has 0 aromatic heterocycles. The van der Waals surface area contributed by atoms with Gasteiger partial charge in [-0.3, -0.25) is 13.9 Å². The molecule has 2 N–H and O–H groups in total. The third-order valence-corrected chi connectivity index (χ3v) is 6.42. The quantitative estimate of drug-likeness (QED) is 0.172. The van der Waals surface area contributed by atoms with E-state index >= 15 is 0 Å². The lowest BCUT2D eigenvalue weighted by atomic mass is 10.1. The minimum absolute atomic E-state index is 0.0414. The van der Waals surface area contributed by atoms with Gasteiger partial charge in [-0.05, 0) is 44.4 Å². The van der Waals surface area contributed by atoms with Gasteiger partial charge in [-0.2, -0.15) is 37.9 Å². The van der Waals surface area contributed by atoms with Crippen LogP contribution in [0.4, 0.5) is 0 Å². The second-order valence-electron chi connectivity index (χ2n) is 6.49. The Labute approximate surface area is 177 Å². The van der Waals surface area contributed by atoms with Crippen molar-refractivity contribution in [3.8, 4) is 0 Å². The number of amides is 2. The van der Waals surface area contributed by atoms with Crippen LogP contribution in [0, 0.1) is 0 Å². The molecule has 0 aromatic carbocycles. The second-order valence-corrected chi connectivity index (χ2v) is 9.37. The molecule has 0 saturated heterocycles. The zero-order valence-corrected chi connectivity index (χ0v) is 19.0. The molecular formula is C16H30N2O4S4. The fourth-order valence-corrected chi connectivity index (χ4v) is 3.98. The Kier molecular flexibility index (Phi) is 13.0. The highest BCUT2D eigenvalue weighted by Crippen LogP contribution is 2.33. The normalized spacial score (nSPS) is 13.8. The maximum atomic E-state index is 12.4. The first kappa shape index (κ1) is 25.8. The van der Waals surface area contributed by atoms with Gasteiger partial charge in [-0.15, -0.1) is 0 Å². The first-order valence-electron chi connectivity index (χ1n) is 8.50. The van der Waals surface area contributed by atoms with Crippen molar-refractivity contribution in [3.05, 3.63) is 0 Å². The van der Waals surface area contributed by atoms with Gasteiger partial charge in [0.25, 0.3) is 0 Å². The number of nitrogens with one attached hydrogen (secondary N) is 1. The van der Waals surface area contributed by atoms with Gasteiger partial charge in [0, 0.05) is 25.0 Å². The van der Waals surface area contributed by atoms with Gasteiger partial charge in [0.2, 0.25) is 11.8 Å². The van der Waals surface area contributed by atoms with Gasteiger partial charge in [-0.1, -0.05) is 6.92 Å². The van der Waals surface area contributed by atoms with Crippen molar-refractivity contribution in [1.29, 1.82) is 0 Å². The number of carboxylic acids is 1. The minimum Gasteiger partial charge on any atom is -0.480 e. The van der Waals surface area contributed by atoms with E-state index in [1.54, 1.807) is 4.31 Å². The number of hydrogen-bond acceptors (Lipinski definition) is 7. The molecule has 0 fully saturated rings. The van der Waals surface area contributed by atoms with E-state index in [9.17, 15) is 19.5 Å². The standard InChI is InChI=1S/C16H30N2O4S4/c1-4-6-13(20)18(16(2,3)10-24)26-14(25)9-11(15(21)22)17-12(19)7-5-8-23/h11,14,23-25H,4-10H2,1-3H3,(H,17,19)(H,21,22)/t11-,14?/m0/s1. The predicted molar refractivity (Wildman–Crippen MR) is 117 cm³/mol. The minimum atomic E-state index is -1.12. The summed E-state index contributed by atoms with van der Waals surface area (Å²) in [6.07, 6.45) is 2.01. The zero-order valence-electron chi connectivity index (χ0n) is 15.5. The summed E-state index contributed by atoms with van der Waals surface area (Å²) in [6, 6.07) is -1.06. The molecule has 152 valence electrons. The molecule has 6 nitrogen and oxygen atoms in total. The van der Waals surface area contributed by atoms with Crippen LogP contribution in [-0.2, 0) is 14.4 Å². The average molecular weight is 443 g/mol. The van der Waals surface area contributed by atoms with Gasteiger partial charge in [0.05, 0.1) is 10.1 Å². The highest BCUT2D eigenvalue weighted by Gasteiger charge is 2.33. The predicted octanol–water partition coefficient (Wildman–Crippen LogP) is 2.90. The van der Waals surface area contributed by atoms with Crippen molar-refractivity contribution < 1.29 is 19.5 Å². The summed E-state index contributed by atoms with van der Waals surface area (Å²) in [6.45, 7) is 5.72. The van der Waals surface area contributed by atoms with Crippen molar-refractivity contribution in [2.24, 2.45) is 0 Å². The third kappa shape index (κ3) is 9.66. The Hall–Kier alpha value is -0.190. The van der Waals surface area contributed by atoms with Crippen molar-refractivity contribution in [3.63, 3.8) is 0 Å². The smallest absolute Gasteiger partial charge is 0.326 e. The van der Waals surface area contributed by atoms with Crippen LogP contribution >= 0.6 is 49.8 Å². The van der Waals surface area contributed by atoms with Gasteiger partial charge < -0.3 is 10.4 Å². The molecule has 0 aliphatic rings. The number of aliphatic carboxylic acids is 1. The molecule has 0 rings (SSSR count). The topological polar surface area (TPSA) is 86.7 Å². The fourth-order valence-electron chi connectivity index (χ4n) is 2.01. The van der Waals surface area contributed by atoms with E-state index in [1.807, 2.05) is 20.8 Å². The summed E-state index contributed by atoms with van der Waals surface area (Å²) in [7, 11) is 0. The monoisotopic (exact) mass is 442 g/mol. The van der Waals surface area contributed by atoms with Gasteiger partial charge in [-0.25, -0.2) is 4.79 Å². The van der Waals surface area contributed by atoms with E-state index in [2.05, 4.69) is 43.2 Å². The van der Waals surface area contributed by atoms with E-state index in [0.29, 0.717) is 30.8 Å². The number of thiol groups is 3. The third-order valence-electron chi connectivity index (χ3n) is 3.49. The Morgan fingerprint density at radius 1 is 1.23 bits per heavy atom. The van der Waals surface area contributed by atoms with Crippen LogP contribution < -0.4 is 5.32 Å². The maximum absolute atomic E-state index is 12.4. The average Bonchev–Trinajstić information content (AvgIpc) is 2.57. The summed E-state index contributed by atoms with van der Waals surface area (Å²) in [5, 5.41) is 11.9. The Morgan fingerprint density at radius 3 is 2.31 bits per heavy atom. The van der Waals surface area contributed by atoms with Crippen molar-refractivity contribution >= 4 is 67.6 Å². The first-order valence-corrected chi connectivity index (χ1v) is 11.1. The van der Waals surface area contributed by atoms with E-state index in [4.69, 9.17) is 0 Å². The van der Waals surface area contributed by atoms with Crippen molar-refractivity contribution in [1.82, 2.24) is 9.62 Å². The summed E-state index contributed by atoms with van der Waals surface area (Å²) in [4.78, 5) is 35.7. The number of carboxylic acid groups (broad SMARTS) is 1. The van der Waals surface area contributed by atoms with E-state index in [1.165, 1.54) is 11.9 Å². The van der Waals surface area contributed by atoms with E-state index in [-0.39, 0.29) is 24.7 Å². The van der Waals surface area contributed by atoms with Crippen LogP contribution in [0.15, 0.2) is 0 Å². The SMILES string of the molecule is CCCC(=O)N(SC(S)C[C@H](NC(=O)CCCS)C(=O)O)C(C)(C)CS. The molecule has 0 spiro atoms. The van der Waals surface area contributed by atoms with Crippen LogP contribution in [0.2, 0.25) is 0 Å². The molecule has 10 heteroatoms. The summed E-state index contributed by atoms with van der Waals surface area (Å²) >= 11 is 14.0. The number of nitrogens with zero attached hydrogens (tertiary/aromatic N) is 1. The number of carbonyl (C=O) groups excluding carboxylic acids is 2. The highest BCUT2D eigenvalue weighted by atomic mass is 32.2. The molecule has 0 aliphatic carbocycles. The van der Waals surface area contributed by atoms with Crippen LogP contribution in [-0.4, -0.2) is 54.9 Å². The zero-order chi connectivity index (χ0) is 20.3. The number of carbonyl (C=O) groups is 3. The molecule has 0 saturated carbocycles. The Bertz CT molecular complexity index is 477. The molecule has 0 aliphatic heterocycles. The molecule has 0 aromatic rings. The summed E-state index contributed by atoms with van der Waals surface area (Å²) < 4.78 is 1.16. The molecule has 26 heavy (non-hydrogen) atoms. The molecule has 0 heterocycles. The second kappa shape index (κ2) is 13.1. The lowest BCUT2D eigenvalue weighted by Crippen LogP contribution is -2.46. The lowest BCUT2D eigenvalue weighted by molar-refractivity contribution is -0.141. The van der Waals surface area contributed by atoms with E-state index in [0.717, 1.165) is 0 Å². The van der Waals surface area contributed by atoms with Gasteiger partial charge in [0.15, 0.2) is 0 Å². The van der Waals surface area contributed by atoms with Gasteiger partial charge in [0.1, 0.15) is 6.04 Å². The molecular weight excluding hydrogens is 412 g/mol. The Morgan fingerprint density at radius 2 is 1.85 bits per heavy atom. The summed E-state index contributed by atoms with van der Waals surface area (Å²) in [5.41, 5.74) is -0.504. The fraction of sp³-hybridized carbons (Fsp3) is 0.812. The van der Waals surface area contributed by atoms with Crippen LogP contribution in [0.25, 0.3) is 0 Å². The summed E-state index contributed by atoms with van der Waals surface area (Å²) in [5.74, 6) is -0.474.